The van der Waals surface area contributed by atoms with Crippen molar-refractivity contribution < 1.29 is 0 Å². The molecule has 0 bridgehead atoms. The van der Waals surface area contributed by atoms with Crippen LogP contribution in [0.2, 0.25) is 0 Å². The Labute approximate surface area is 179 Å². The molecule has 0 atom stereocenters. The third-order valence-electron chi connectivity index (χ3n) is 4.90. The minimum absolute atomic E-state index is 0.0101. The number of aliphatic imine (C=N–C) groups is 1. The summed E-state index contributed by atoms with van der Waals surface area (Å²) in [4.78, 5) is 30.9. The molecule has 0 aromatic carbocycles. The molecule has 1 saturated heterocycles. The molecule has 0 spiro atoms. The molecule has 3 rings (SSSR count). The number of aromatic amines is 1. The van der Waals surface area contributed by atoms with E-state index in [0.717, 1.165) is 66.8 Å². The van der Waals surface area contributed by atoms with Crippen molar-refractivity contribution in [1.29, 1.82) is 0 Å². The minimum atomic E-state index is 0.0101. The zero-order valence-electron chi connectivity index (χ0n) is 16.8. The van der Waals surface area contributed by atoms with Crippen molar-refractivity contribution in [2.75, 3.05) is 25.4 Å². The average Bonchev–Trinajstić information content (AvgIpc) is 3.12. The zero-order chi connectivity index (χ0) is 20.6. The lowest BCUT2D eigenvalue weighted by molar-refractivity contribution is 0.231. The Morgan fingerprint density at radius 3 is 2.79 bits per heavy atom. The second kappa shape index (κ2) is 10.7. The maximum Gasteiger partial charge on any atom is 0.254 e. The van der Waals surface area contributed by atoms with Gasteiger partial charge in [0.1, 0.15) is 5.82 Å². The van der Waals surface area contributed by atoms with Crippen molar-refractivity contribution in [1.82, 2.24) is 19.9 Å². The summed E-state index contributed by atoms with van der Waals surface area (Å²) in [7, 11) is 0. The molecule has 10 heteroatoms. The Morgan fingerprint density at radius 2 is 2.07 bits per heavy atom. The molecule has 0 amide bonds. The minimum Gasteiger partial charge on any atom is -0.370 e. The van der Waals surface area contributed by atoms with E-state index in [1.165, 1.54) is 30.6 Å². The number of nitrogens with two attached hydrogens (primary N) is 2. The fourth-order valence-electron chi connectivity index (χ4n) is 3.40. The summed E-state index contributed by atoms with van der Waals surface area (Å²) in [6, 6.07) is 0. The Balaban J connectivity index is 1.46. The molecule has 0 saturated carbocycles. The van der Waals surface area contributed by atoms with Crippen LogP contribution in [-0.2, 0) is 18.6 Å². The summed E-state index contributed by atoms with van der Waals surface area (Å²) in [5.41, 5.74) is 13.4. The maximum atomic E-state index is 12.5. The van der Waals surface area contributed by atoms with Gasteiger partial charge in [0.05, 0.1) is 5.69 Å². The van der Waals surface area contributed by atoms with E-state index in [9.17, 15) is 4.79 Å². The normalized spacial score (nSPS) is 14.8. The Bertz CT molecular complexity index is 883. The number of thiazole rings is 1. The van der Waals surface area contributed by atoms with Gasteiger partial charge in [-0.3, -0.25) is 4.79 Å². The molecule has 158 valence electrons. The largest absolute Gasteiger partial charge is 0.370 e. The molecule has 3 heterocycles. The lowest BCUT2D eigenvalue weighted by Crippen LogP contribution is -2.33. The van der Waals surface area contributed by atoms with E-state index in [1.807, 2.05) is 12.3 Å². The SMILES string of the molecule is Cc1nc(CCSCc2csc(N=C(N)N)n2)[nH]c(=O)c1CCN1CCCCC1. The van der Waals surface area contributed by atoms with E-state index < -0.39 is 0 Å². The molecule has 8 nitrogen and oxygen atoms in total. The number of nitrogens with zero attached hydrogens (tertiary/aromatic N) is 4. The lowest BCUT2D eigenvalue weighted by Gasteiger charge is -2.26. The van der Waals surface area contributed by atoms with Crippen molar-refractivity contribution in [2.24, 2.45) is 16.5 Å². The van der Waals surface area contributed by atoms with Gasteiger partial charge in [-0.25, -0.2) is 9.97 Å². The van der Waals surface area contributed by atoms with E-state index in [2.05, 4.69) is 24.8 Å². The van der Waals surface area contributed by atoms with E-state index in [0.29, 0.717) is 5.13 Å². The highest BCUT2D eigenvalue weighted by molar-refractivity contribution is 7.98. The first-order chi connectivity index (χ1) is 14.0. The standard InChI is InChI=1S/C19H29N7OS2/c1-13-15(5-9-26-7-3-2-4-8-26)17(27)24-16(22-13)6-10-28-11-14-12-29-19(23-14)25-18(20)21/h12H,2-11H2,1H3,(H,22,24,27)(H4,20,21,23,25). The molecular weight excluding hydrogens is 406 g/mol. The van der Waals surface area contributed by atoms with Gasteiger partial charge in [0.2, 0.25) is 5.13 Å². The van der Waals surface area contributed by atoms with Crippen LogP contribution in [0.25, 0.3) is 0 Å². The number of piperidine rings is 1. The number of H-pyrrole nitrogens is 1. The number of likely N-dealkylation sites (tertiary alicyclic amines) is 1. The predicted octanol–water partition coefficient (Wildman–Crippen LogP) is 1.94. The average molecular weight is 436 g/mol. The number of aryl methyl sites for hydroxylation is 2. The fraction of sp³-hybridized carbons (Fsp3) is 0.579. The first kappa shape index (κ1) is 21.8. The summed E-state index contributed by atoms with van der Waals surface area (Å²) in [6.07, 6.45) is 5.34. The number of hydrogen-bond acceptors (Lipinski definition) is 7. The molecule has 0 unspecified atom stereocenters. The quantitative estimate of drug-likeness (QED) is 0.312. The molecule has 5 N–H and O–H groups in total. The number of thioether (sulfide) groups is 1. The summed E-state index contributed by atoms with van der Waals surface area (Å²) < 4.78 is 0. The monoisotopic (exact) mass is 435 g/mol. The zero-order valence-corrected chi connectivity index (χ0v) is 18.4. The van der Waals surface area contributed by atoms with Crippen LogP contribution in [0.1, 0.15) is 42.0 Å². The van der Waals surface area contributed by atoms with Gasteiger partial charge in [0.25, 0.3) is 5.56 Å². The number of nitrogens with one attached hydrogen (secondary N) is 1. The van der Waals surface area contributed by atoms with Crippen LogP contribution < -0.4 is 17.0 Å². The van der Waals surface area contributed by atoms with Gasteiger partial charge >= 0.3 is 0 Å². The number of aromatic nitrogens is 3. The van der Waals surface area contributed by atoms with Gasteiger partial charge in [-0.15, -0.1) is 11.3 Å². The third-order valence-corrected chi connectivity index (χ3v) is 6.67. The number of hydrogen-bond donors (Lipinski definition) is 3. The second-order valence-corrected chi connectivity index (χ2v) is 9.13. The highest BCUT2D eigenvalue weighted by Gasteiger charge is 2.13. The Hall–Kier alpha value is -1.91. The van der Waals surface area contributed by atoms with Crippen LogP contribution in [0.15, 0.2) is 15.2 Å². The molecule has 0 radical (unpaired) electrons. The van der Waals surface area contributed by atoms with Crippen LogP contribution in [0.3, 0.4) is 0 Å². The van der Waals surface area contributed by atoms with E-state index >= 15 is 0 Å². The first-order valence-electron chi connectivity index (χ1n) is 9.94. The van der Waals surface area contributed by atoms with Crippen LogP contribution in [0.5, 0.6) is 0 Å². The van der Waals surface area contributed by atoms with E-state index in [4.69, 9.17) is 11.5 Å². The van der Waals surface area contributed by atoms with Crippen molar-refractivity contribution in [2.45, 2.75) is 44.8 Å². The third kappa shape index (κ3) is 6.83. The van der Waals surface area contributed by atoms with Crippen LogP contribution in [-0.4, -0.2) is 51.2 Å². The van der Waals surface area contributed by atoms with E-state index in [1.54, 1.807) is 11.8 Å². The predicted molar refractivity (Wildman–Crippen MR) is 121 cm³/mol. The van der Waals surface area contributed by atoms with Crippen LogP contribution in [0, 0.1) is 6.92 Å². The second-order valence-electron chi connectivity index (χ2n) is 7.19. The molecule has 29 heavy (non-hydrogen) atoms. The molecular formula is C19H29N7OS2. The summed E-state index contributed by atoms with van der Waals surface area (Å²) in [6.45, 7) is 5.17. The van der Waals surface area contributed by atoms with Crippen molar-refractivity contribution in [3.63, 3.8) is 0 Å². The Kier molecular flexibility index (Phi) is 8.08. The first-order valence-corrected chi connectivity index (χ1v) is 12.0. The van der Waals surface area contributed by atoms with Gasteiger partial charge in [0, 0.05) is 41.1 Å². The van der Waals surface area contributed by atoms with Gasteiger partial charge in [-0.05, 0) is 39.3 Å². The van der Waals surface area contributed by atoms with Crippen LogP contribution in [0.4, 0.5) is 5.13 Å². The fourth-order valence-corrected chi connectivity index (χ4v) is 5.05. The van der Waals surface area contributed by atoms with Gasteiger partial charge in [0.15, 0.2) is 5.96 Å². The molecule has 2 aromatic heterocycles. The van der Waals surface area contributed by atoms with Gasteiger partial charge < -0.3 is 21.4 Å². The number of rotatable bonds is 9. The highest BCUT2D eigenvalue weighted by atomic mass is 32.2. The van der Waals surface area contributed by atoms with Gasteiger partial charge in [-0.1, -0.05) is 6.42 Å². The lowest BCUT2D eigenvalue weighted by atomic mass is 10.1. The summed E-state index contributed by atoms with van der Waals surface area (Å²) in [5, 5.41) is 2.53. The Morgan fingerprint density at radius 1 is 1.28 bits per heavy atom. The number of guanidine groups is 1. The molecule has 1 aliphatic rings. The topological polar surface area (TPSA) is 126 Å². The van der Waals surface area contributed by atoms with Gasteiger partial charge in [-0.2, -0.15) is 16.8 Å². The van der Waals surface area contributed by atoms with E-state index in [-0.39, 0.29) is 11.5 Å². The highest BCUT2D eigenvalue weighted by Crippen LogP contribution is 2.22. The smallest absolute Gasteiger partial charge is 0.254 e. The van der Waals surface area contributed by atoms with Crippen molar-refractivity contribution in [3.05, 3.63) is 38.5 Å². The summed E-state index contributed by atoms with van der Waals surface area (Å²) in [5.74, 6) is 2.39. The molecule has 1 fully saturated rings. The maximum absolute atomic E-state index is 12.5. The van der Waals surface area contributed by atoms with Crippen molar-refractivity contribution >= 4 is 34.2 Å². The summed E-state index contributed by atoms with van der Waals surface area (Å²) >= 11 is 3.16. The molecule has 2 aromatic rings. The molecule has 0 aliphatic carbocycles. The molecule has 1 aliphatic heterocycles. The van der Waals surface area contributed by atoms with Crippen LogP contribution >= 0.6 is 23.1 Å². The van der Waals surface area contributed by atoms with Crippen molar-refractivity contribution in [3.8, 4) is 0 Å².